The lowest BCUT2D eigenvalue weighted by Crippen LogP contribution is -2.17. The molecule has 1 fully saturated rings. The van der Waals surface area contributed by atoms with Crippen LogP contribution in [0.5, 0.6) is 0 Å². The fourth-order valence-corrected chi connectivity index (χ4v) is 1.45. The van der Waals surface area contributed by atoms with Gasteiger partial charge in [-0.1, -0.05) is 0 Å². The van der Waals surface area contributed by atoms with E-state index in [0.29, 0.717) is 6.54 Å². The highest BCUT2D eigenvalue weighted by atomic mass is 32.2. The zero-order valence-corrected chi connectivity index (χ0v) is 5.15. The molecule has 0 bridgehead atoms. The van der Waals surface area contributed by atoms with Crippen molar-refractivity contribution in [1.29, 1.82) is 0 Å². The van der Waals surface area contributed by atoms with Gasteiger partial charge in [0.05, 0.1) is 0 Å². The lowest BCUT2D eigenvalue weighted by atomic mass is 10.5. The molecule has 8 heavy (non-hydrogen) atoms. The average Bonchev–Trinajstić information content (AvgIpc) is 2.12. The summed E-state index contributed by atoms with van der Waals surface area (Å²) in [5.41, 5.74) is 0. The van der Waals surface area contributed by atoms with Crippen LogP contribution in [0.15, 0.2) is 0 Å². The van der Waals surface area contributed by atoms with Gasteiger partial charge in [0.15, 0.2) is 0 Å². The molecule has 0 aromatic rings. The fourth-order valence-electron chi connectivity index (χ4n) is 0.598. The highest BCUT2D eigenvalue weighted by Gasteiger charge is 2.16. The van der Waals surface area contributed by atoms with E-state index < -0.39 is 6.09 Å². The average molecular weight is 133 g/mol. The Morgan fingerprint density at radius 3 is 2.75 bits per heavy atom. The molecule has 3 nitrogen and oxygen atoms in total. The molecule has 1 amide bonds. The topological polar surface area (TPSA) is 40.5 Å². The third-order valence-electron chi connectivity index (χ3n) is 0.966. The minimum atomic E-state index is -0.813. The summed E-state index contributed by atoms with van der Waals surface area (Å²) in [6.45, 7) is 0.694. The van der Waals surface area contributed by atoms with Crippen molar-refractivity contribution in [2.24, 2.45) is 0 Å². The van der Waals surface area contributed by atoms with Gasteiger partial charge in [-0.2, -0.15) is 0 Å². The Hall–Kier alpha value is -0.380. The van der Waals surface area contributed by atoms with E-state index in [1.54, 1.807) is 0 Å². The first-order chi connectivity index (χ1) is 3.80. The molecule has 0 aromatic carbocycles. The van der Waals surface area contributed by atoms with E-state index in [-0.39, 0.29) is 0 Å². The van der Waals surface area contributed by atoms with Crippen LogP contribution in [0.4, 0.5) is 4.79 Å². The maximum atomic E-state index is 10.1. The van der Waals surface area contributed by atoms with Crippen molar-refractivity contribution < 1.29 is 9.90 Å². The molecule has 0 aliphatic carbocycles. The van der Waals surface area contributed by atoms with Gasteiger partial charge in [-0.25, -0.2) is 4.79 Å². The van der Waals surface area contributed by atoms with Crippen LogP contribution in [0.1, 0.15) is 6.42 Å². The van der Waals surface area contributed by atoms with Crippen molar-refractivity contribution in [3.63, 3.8) is 0 Å². The van der Waals surface area contributed by atoms with Gasteiger partial charge in [-0.05, 0) is 18.4 Å². The lowest BCUT2D eigenvalue weighted by molar-refractivity contribution is 0.177. The van der Waals surface area contributed by atoms with Gasteiger partial charge >= 0.3 is 6.09 Å². The summed E-state index contributed by atoms with van der Waals surface area (Å²) in [6, 6.07) is 0. The number of hydrogen-bond acceptors (Lipinski definition) is 2. The third-order valence-corrected chi connectivity index (χ3v) is 2.09. The van der Waals surface area contributed by atoms with Gasteiger partial charge in [0.2, 0.25) is 0 Å². The number of hydrogen-bond donors (Lipinski definition) is 1. The molecule has 1 saturated heterocycles. The number of carbonyl (C=O) groups is 1. The largest absolute Gasteiger partial charge is 0.464 e. The van der Waals surface area contributed by atoms with Gasteiger partial charge in [-0.3, -0.25) is 4.31 Å². The normalized spacial score (nSPS) is 19.2. The molecular formula is C4H7NO2S. The second-order valence-electron chi connectivity index (χ2n) is 1.57. The van der Waals surface area contributed by atoms with Crippen molar-refractivity contribution in [1.82, 2.24) is 4.31 Å². The monoisotopic (exact) mass is 133 g/mol. The first-order valence-corrected chi connectivity index (χ1v) is 3.38. The van der Waals surface area contributed by atoms with Gasteiger partial charge in [-0.15, -0.1) is 0 Å². The Morgan fingerprint density at radius 1 is 1.75 bits per heavy atom. The van der Waals surface area contributed by atoms with Crippen LogP contribution in [-0.2, 0) is 0 Å². The molecule has 0 aromatic heterocycles. The minimum absolute atomic E-state index is 0.694. The highest BCUT2D eigenvalue weighted by molar-refractivity contribution is 7.97. The van der Waals surface area contributed by atoms with E-state index in [2.05, 4.69) is 0 Å². The molecule has 1 aliphatic rings. The Balaban J connectivity index is 2.35. The molecular weight excluding hydrogens is 126 g/mol. The SMILES string of the molecule is O=C(O)N1CCCS1. The Bertz CT molecular complexity index is 100. The van der Waals surface area contributed by atoms with Crippen LogP contribution in [0.2, 0.25) is 0 Å². The van der Waals surface area contributed by atoms with Crippen molar-refractivity contribution in [2.45, 2.75) is 6.42 Å². The quantitative estimate of drug-likeness (QED) is 0.501. The maximum Gasteiger partial charge on any atom is 0.417 e. The zero-order valence-electron chi connectivity index (χ0n) is 4.33. The molecule has 1 heterocycles. The van der Waals surface area contributed by atoms with Gasteiger partial charge in [0, 0.05) is 12.3 Å². The number of carboxylic acid groups (broad SMARTS) is 1. The summed E-state index contributed by atoms with van der Waals surface area (Å²) < 4.78 is 1.36. The van der Waals surface area contributed by atoms with Crippen LogP contribution in [0, 0.1) is 0 Å². The number of amides is 1. The zero-order chi connectivity index (χ0) is 5.98. The smallest absolute Gasteiger partial charge is 0.417 e. The van der Waals surface area contributed by atoms with E-state index in [4.69, 9.17) is 5.11 Å². The standard InChI is InChI=1S/C4H7NO2S/c6-4(7)5-2-1-3-8-5/h1-3H2,(H,6,7). The van der Waals surface area contributed by atoms with E-state index in [0.717, 1.165) is 12.2 Å². The van der Waals surface area contributed by atoms with Crippen molar-refractivity contribution >= 4 is 18.0 Å². The summed E-state index contributed by atoms with van der Waals surface area (Å²) in [6.07, 6.45) is 0.184. The maximum absolute atomic E-state index is 10.1. The van der Waals surface area contributed by atoms with Crippen LogP contribution in [0.25, 0.3) is 0 Å². The molecule has 46 valence electrons. The molecule has 1 N–H and O–H groups in total. The van der Waals surface area contributed by atoms with E-state index in [1.807, 2.05) is 0 Å². The van der Waals surface area contributed by atoms with E-state index in [1.165, 1.54) is 16.3 Å². The van der Waals surface area contributed by atoms with Crippen molar-refractivity contribution in [3.05, 3.63) is 0 Å². The van der Waals surface area contributed by atoms with Crippen LogP contribution in [-0.4, -0.2) is 27.8 Å². The number of rotatable bonds is 0. The summed E-state index contributed by atoms with van der Waals surface area (Å²) in [5.74, 6) is 0.951. The first kappa shape index (κ1) is 5.75. The molecule has 0 saturated carbocycles. The molecule has 0 radical (unpaired) electrons. The molecule has 0 unspecified atom stereocenters. The van der Waals surface area contributed by atoms with Gasteiger partial charge in [0.1, 0.15) is 0 Å². The van der Waals surface area contributed by atoms with Crippen molar-refractivity contribution in [3.8, 4) is 0 Å². The molecule has 0 spiro atoms. The molecule has 4 heteroatoms. The second kappa shape index (κ2) is 2.26. The molecule has 1 aliphatic heterocycles. The van der Waals surface area contributed by atoms with Gasteiger partial charge in [0.25, 0.3) is 0 Å². The predicted octanol–water partition coefficient (Wildman–Crippen LogP) is 1.02. The van der Waals surface area contributed by atoms with Crippen LogP contribution in [0.3, 0.4) is 0 Å². The van der Waals surface area contributed by atoms with E-state index in [9.17, 15) is 4.79 Å². The van der Waals surface area contributed by atoms with Crippen molar-refractivity contribution in [2.75, 3.05) is 12.3 Å². The van der Waals surface area contributed by atoms with E-state index >= 15 is 0 Å². The van der Waals surface area contributed by atoms with Crippen LogP contribution < -0.4 is 0 Å². The highest BCUT2D eigenvalue weighted by Crippen LogP contribution is 2.18. The Labute approximate surface area is 51.8 Å². The summed E-state index contributed by atoms with van der Waals surface area (Å²) in [4.78, 5) is 10.1. The predicted molar refractivity (Wildman–Crippen MR) is 31.8 cm³/mol. The molecule has 0 atom stereocenters. The summed E-state index contributed by atoms with van der Waals surface area (Å²) >= 11 is 1.38. The fraction of sp³-hybridized carbons (Fsp3) is 0.750. The Morgan fingerprint density at radius 2 is 2.50 bits per heavy atom. The van der Waals surface area contributed by atoms with Crippen LogP contribution >= 0.6 is 11.9 Å². The number of nitrogens with zero attached hydrogens (tertiary/aromatic N) is 1. The second-order valence-corrected chi connectivity index (χ2v) is 2.68. The minimum Gasteiger partial charge on any atom is -0.464 e. The third kappa shape index (κ3) is 1.06. The first-order valence-electron chi connectivity index (χ1n) is 2.44. The summed E-state index contributed by atoms with van der Waals surface area (Å²) in [5, 5.41) is 8.32. The molecule has 1 rings (SSSR count). The summed E-state index contributed by atoms with van der Waals surface area (Å²) in [7, 11) is 0. The lowest BCUT2D eigenvalue weighted by Gasteiger charge is -2.05. The van der Waals surface area contributed by atoms with Gasteiger partial charge < -0.3 is 5.11 Å². The Kier molecular flexibility index (Phi) is 1.62.